The minimum atomic E-state index is -0.702. The van der Waals surface area contributed by atoms with Crippen LogP contribution in [-0.4, -0.2) is 36.2 Å². The van der Waals surface area contributed by atoms with Gasteiger partial charge in [-0.25, -0.2) is 0 Å². The second-order valence-corrected chi connectivity index (χ2v) is 8.64. The SMILES string of the molecule is COc1ccc(Br)cc1C(c1ccc(C)s1)N1CCCC(C(=O)O)C1. The van der Waals surface area contributed by atoms with Crippen LogP contribution in [0.5, 0.6) is 5.75 Å². The van der Waals surface area contributed by atoms with Gasteiger partial charge in [0.25, 0.3) is 0 Å². The molecule has 25 heavy (non-hydrogen) atoms. The highest BCUT2D eigenvalue weighted by molar-refractivity contribution is 9.10. The summed E-state index contributed by atoms with van der Waals surface area (Å²) in [5.74, 6) is -0.181. The Kier molecular flexibility index (Phi) is 5.81. The third-order valence-corrected chi connectivity index (χ3v) is 6.23. The summed E-state index contributed by atoms with van der Waals surface area (Å²) in [6, 6.07) is 10.3. The highest BCUT2D eigenvalue weighted by Gasteiger charge is 2.33. The Morgan fingerprint density at radius 2 is 2.20 bits per heavy atom. The van der Waals surface area contributed by atoms with Gasteiger partial charge in [-0.1, -0.05) is 15.9 Å². The number of ether oxygens (including phenoxy) is 1. The molecule has 1 saturated heterocycles. The summed E-state index contributed by atoms with van der Waals surface area (Å²) in [6.07, 6.45) is 1.64. The number of thiophene rings is 1. The summed E-state index contributed by atoms with van der Waals surface area (Å²) in [5.41, 5.74) is 1.07. The fraction of sp³-hybridized carbons (Fsp3) is 0.421. The van der Waals surface area contributed by atoms with E-state index in [1.165, 1.54) is 9.75 Å². The number of halogens is 1. The molecule has 1 aliphatic heterocycles. The summed E-state index contributed by atoms with van der Waals surface area (Å²) in [4.78, 5) is 16.3. The van der Waals surface area contributed by atoms with Crippen molar-refractivity contribution in [2.75, 3.05) is 20.2 Å². The van der Waals surface area contributed by atoms with Crippen LogP contribution in [0.1, 0.15) is 34.2 Å². The molecule has 134 valence electrons. The van der Waals surface area contributed by atoms with Gasteiger partial charge < -0.3 is 9.84 Å². The van der Waals surface area contributed by atoms with Crippen molar-refractivity contribution in [1.82, 2.24) is 4.90 Å². The zero-order valence-electron chi connectivity index (χ0n) is 14.4. The molecule has 6 heteroatoms. The average Bonchev–Trinajstić information content (AvgIpc) is 3.01. The predicted octanol–water partition coefficient (Wildman–Crippen LogP) is 4.71. The molecule has 1 aliphatic rings. The molecule has 0 radical (unpaired) electrons. The van der Waals surface area contributed by atoms with Gasteiger partial charge in [0.1, 0.15) is 5.75 Å². The van der Waals surface area contributed by atoms with E-state index in [0.717, 1.165) is 35.2 Å². The molecule has 3 rings (SSSR count). The molecule has 0 saturated carbocycles. The fourth-order valence-electron chi connectivity index (χ4n) is 3.49. The van der Waals surface area contributed by atoms with Crippen molar-refractivity contribution in [3.63, 3.8) is 0 Å². The van der Waals surface area contributed by atoms with Crippen molar-refractivity contribution in [2.45, 2.75) is 25.8 Å². The number of hydrogen-bond donors (Lipinski definition) is 1. The molecular formula is C19H22BrNO3S. The van der Waals surface area contributed by atoms with Crippen LogP contribution in [-0.2, 0) is 4.79 Å². The molecule has 0 amide bonds. The fourth-order valence-corrected chi connectivity index (χ4v) is 4.90. The number of likely N-dealkylation sites (tertiary alicyclic amines) is 1. The van der Waals surface area contributed by atoms with Crippen molar-refractivity contribution >= 4 is 33.2 Å². The molecule has 0 aliphatic carbocycles. The monoisotopic (exact) mass is 423 g/mol. The lowest BCUT2D eigenvalue weighted by molar-refractivity contribution is -0.143. The topological polar surface area (TPSA) is 49.8 Å². The number of hydrogen-bond acceptors (Lipinski definition) is 4. The smallest absolute Gasteiger partial charge is 0.307 e. The quantitative estimate of drug-likeness (QED) is 0.755. The molecule has 2 aromatic rings. The number of carboxylic acids is 1. The maximum Gasteiger partial charge on any atom is 0.307 e. The van der Waals surface area contributed by atoms with Gasteiger partial charge in [-0.05, 0) is 56.6 Å². The van der Waals surface area contributed by atoms with Gasteiger partial charge >= 0.3 is 5.97 Å². The number of carboxylic acid groups (broad SMARTS) is 1. The van der Waals surface area contributed by atoms with Gasteiger partial charge in [0, 0.05) is 26.3 Å². The lowest BCUT2D eigenvalue weighted by Gasteiger charge is -2.37. The molecule has 1 fully saturated rings. The second kappa shape index (κ2) is 7.89. The van der Waals surface area contributed by atoms with Crippen LogP contribution < -0.4 is 4.74 Å². The molecule has 1 aromatic carbocycles. The number of methoxy groups -OCH3 is 1. The number of nitrogens with zero attached hydrogens (tertiary/aromatic N) is 1. The van der Waals surface area contributed by atoms with Gasteiger partial charge in [0.05, 0.1) is 19.1 Å². The summed E-state index contributed by atoms with van der Waals surface area (Å²) in [5, 5.41) is 9.47. The van der Waals surface area contributed by atoms with Crippen LogP contribution in [0.2, 0.25) is 0 Å². The van der Waals surface area contributed by atoms with Crippen LogP contribution in [0, 0.1) is 12.8 Å². The molecule has 1 N–H and O–H groups in total. The van der Waals surface area contributed by atoms with Crippen molar-refractivity contribution in [2.24, 2.45) is 5.92 Å². The molecule has 2 atom stereocenters. The zero-order chi connectivity index (χ0) is 18.0. The molecule has 4 nitrogen and oxygen atoms in total. The Morgan fingerprint density at radius 3 is 2.84 bits per heavy atom. The third kappa shape index (κ3) is 4.07. The molecule has 1 aromatic heterocycles. The first-order chi connectivity index (χ1) is 12.0. The first kappa shape index (κ1) is 18.4. The highest BCUT2D eigenvalue weighted by Crippen LogP contribution is 2.40. The lowest BCUT2D eigenvalue weighted by atomic mass is 9.94. The minimum absolute atomic E-state index is 0.00769. The second-order valence-electron chi connectivity index (χ2n) is 6.41. The third-order valence-electron chi connectivity index (χ3n) is 4.68. The Balaban J connectivity index is 2.05. The Morgan fingerprint density at radius 1 is 1.40 bits per heavy atom. The van der Waals surface area contributed by atoms with Crippen molar-refractivity contribution in [1.29, 1.82) is 0 Å². The minimum Gasteiger partial charge on any atom is -0.496 e. The van der Waals surface area contributed by atoms with Gasteiger partial charge in [-0.3, -0.25) is 9.69 Å². The maximum atomic E-state index is 11.5. The van der Waals surface area contributed by atoms with E-state index in [1.54, 1.807) is 18.4 Å². The normalized spacial score (nSPS) is 19.6. The van der Waals surface area contributed by atoms with E-state index in [-0.39, 0.29) is 12.0 Å². The van der Waals surface area contributed by atoms with Crippen molar-refractivity contribution in [3.05, 3.63) is 50.1 Å². The highest BCUT2D eigenvalue weighted by atomic mass is 79.9. The summed E-state index contributed by atoms with van der Waals surface area (Å²) >= 11 is 5.32. The van der Waals surface area contributed by atoms with Crippen molar-refractivity contribution in [3.8, 4) is 5.75 Å². The summed E-state index contributed by atoms with van der Waals surface area (Å²) in [6.45, 7) is 3.55. The van der Waals surface area contributed by atoms with Crippen LogP contribution in [0.3, 0.4) is 0 Å². The van der Waals surface area contributed by atoms with Crippen LogP contribution in [0.15, 0.2) is 34.8 Å². The Bertz CT molecular complexity index is 761. The van der Waals surface area contributed by atoms with Crippen LogP contribution >= 0.6 is 27.3 Å². The van der Waals surface area contributed by atoms with E-state index in [2.05, 4.69) is 46.0 Å². The van der Waals surface area contributed by atoms with Gasteiger partial charge in [0.2, 0.25) is 0 Å². The lowest BCUT2D eigenvalue weighted by Crippen LogP contribution is -2.41. The predicted molar refractivity (Wildman–Crippen MR) is 104 cm³/mol. The number of aliphatic carboxylic acids is 1. The summed E-state index contributed by atoms with van der Waals surface area (Å²) in [7, 11) is 1.68. The molecule has 0 bridgehead atoms. The first-order valence-corrected chi connectivity index (χ1v) is 9.97. The van der Waals surface area contributed by atoms with Gasteiger partial charge in [0.15, 0.2) is 0 Å². The van der Waals surface area contributed by atoms with Gasteiger partial charge in [-0.15, -0.1) is 11.3 Å². The Hall–Kier alpha value is -1.37. The Labute approximate surface area is 160 Å². The molecular weight excluding hydrogens is 402 g/mol. The van der Waals surface area contributed by atoms with E-state index in [1.807, 2.05) is 12.1 Å². The molecule has 2 unspecified atom stereocenters. The van der Waals surface area contributed by atoms with E-state index in [4.69, 9.17) is 4.74 Å². The maximum absolute atomic E-state index is 11.5. The largest absolute Gasteiger partial charge is 0.496 e. The van der Waals surface area contributed by atoms with E-state index >= 15 is 0 Å². The number of piperidine rings is 1. The van der Waals surface area contributed by atoms with Crippen LogP contribution in [0.25, 0.3) is 0 Å². The zero-order valence-corrected chi connectivity index (χ0v) is 16.8. The number of benzene rings is 1. The molecule has 2 heterocycles. The van der Waals surface area contributed by atoms with Crippen LogP contribution in [0.4, 0.5) is 0 Å². The number of aryl methyl sites for hydroxylation is 1. The van der Waals surface area contributed by atoms with E-state index < -0.39 is 5.97 Å². The average molecular weight is 424 g/mol. The van der Waals surface area contributed by atoms with E-state index in [9.17, 15) is 9.90 Å². The van der Waals surface area contributed by atoms with Crippen molar-refractivity contribution < 1.29 is 14.6 Å². The summed E-state index contributed by atoms with van der Waals surface area (Å²) < 4.78 is 6.61. The van der Waals surface area contributed by atoms with Gasteiger partial charge in [-0.2, -0.15) is 0 Å². The number of rotatable bonds is 5. The first-order valence-electron chi connectivity index (χ1n) is 8.36. The number of carbonyl (C=O) groups is 1. The standard InChI is InChI=1S/C19H22BrNO3S/c1-12-5-8-17(25-12)18(15-10-14(20)6-7-16(15)24-2)21-9-3-4-13(11-21)19(22)23/h5-8,10,13,18H,3-4,9,11H2,1-2H3,(H,22,23). The van der Waals surface area contributed by atoms with E-state index in [0.29, 0.717) is 6.54 Å². The molecule has 0 spiro atoms.